The van der Waals surface area contributed by atoms with Crippen molar-refractivity contribution < 1.29 is 14.3 Å². The second-order valence-electron chi connectivity index (χ2n) is 8.19. The number of hydrogen-bond acceptors (Lipinski definition) is 6. The van der Waals surface area contributed by atoms with E-state index in [4.69, 9.17) is 16.3 Å². The van der Waals surface area contributed by atoms with Crippen molar-refractivity contribution >= 4 is 29.2 Å². The Morgan fingerprint density at radius 3 is 2.76 bits per heavy atom. The van der Waals surface area contributed by atoms with Crippen LogP contribution in [0.5, 0.6) is 0 Å². The molecule has 8 nitrogen and oxygen atoms in total. The smallest absolute Gasteiger partial charge is 0.327 e. The number of ether oxygens (including phenoxy) is 1. The predicted octanol–water partition coefficient (Wildman–Crippen LogP) is 1.53. The first-order valence-electron chi connectivity index (χ1n) is 9.95. The van der Waals surface area contributed by atoms with Crippen molar-refractivity contribution in [1.29, 1.82) is 0 Å². The monoisotopic (exact) mass is 421 g/mol. The van der Waals surface area contributed by atoms with Crippen molar-refractivity contribution in [2.75, 3.05) is 45.3 Å². The van der Waals surface area contributed by atoms with Crippen LogP contribution >= 0.6 is 11.6 Å². The quantitative estimate of drug-likeness (QED) is 0.795. The number of urea groups is 1. The van der Waals surface area contributed by atoms with Gasteiger partial charge in [0.15, 0.2) is 0 Å². The van der Waals surface area contributed by atoms with E-state index in [-0.39, 0.29) is 30.9 Å². The highest BCUT2D eigenvalue weighted by Gasteiger charge is 2.56. The van der Waals surface area contributed by atoms with Crippen molar-refractivity contribution in [3.8, 4) is 0 Å². The van der Waals surface area contributed by atoms with Crippen LogP contribution in [0.3, 0.4) is 0 Å². The minimum absolute atomic E-state index is 0.165. The molecule has 4 rings (SSSR count). The Balaban J connectivity index is 1.69. The molecule has 1 aromatic rings. The molecule has 158 valence electrons. The standard InChI is InChI=1S/C20H28ClN5O3/c1-12-10-25(15-9-14(21)6-5-13(15)2)19-22-17-16(26(19)11-12)18(27)24(7-8-29-4)20(28)23(17)3/h5-6,9,12,16-17,19,22H,7-8,10-11H2,1-4H3. The molecular formula is C20H28ClN5O3. The SMILES string of the molecule is COCCN1C(=O)C2C(NC3N(c4cc(Cl)ccc4C)CC(C)CN23)N(C)C1=O. The third-order valence-corrected chi connectivity index (χ3v) is 6.32. The molecule has 3 saturated heterocycles. The molecule has 0 bridgehead atoms. The zero-order chi connectivity index (χ0) is 20.9. The lowest BCUT2D eigenvalue weighted by Crippen LogP contribution is -2.67. The number of fused-ring (bicyclic) bond motifs is 3. The number of benzene rings is 1. The first-order chi connectivity index (χ1) is 13.8. The molecule has 4 unspecified atom stereocenters. The van der Waals surface area contributed by atoms with Crippen molar-refractivity contribution in [3.05, 3.63) is 28.8 Å². The van der Waals surface area contributed by atoms with Crippen LogP contribution in [0.15, 0.2) is 18.2 Å². The lowest BCUT2D eigenvalue weighted by atomic mass is 10.0. The van der Waals surface area contributed by atoms with Crippen LogP contribution in [0.25, 0.3) is 0 Å². The lowest BCUT2D eigenvalue weighted by Gasteiger charge is -2.46. The summed E-state index contributed by atoms with van der Waals surface area (Å²) in [4.78, 5) is 33.5. The van der Waals surface area contributed by atoms with Gasteiger partial charge < -0.3 is 14.5 Å². The van der Waals surface area contributed by atoms with Crippen LogP contribution in [-0.4, -0.2) is 85.5 Å². The molecule has 4 atom stereocenters. The first-order valence-corrected chi connectivity index (χ1v) is 10.3. The van der Waals surface area contributed by atoms with Gasteiger partial charge in [-0.25, -0.2) is 4.79 Å². The summed E-state index contributed by atoms with van der Waals surface area (Å²) in [6, 6.07) is 5.15. The van der Waals surface area contributed by atoms with Gasteiger partial charge >= 0.3 is 6.03 Å². The molecule has 1 N–H and O–H groups in total. The number of carbonyl (C=O) groups excluding carboxylic acids is 2. The second kappa shape index (κ2) is 7.75. The van der Waals surface area contributed by atoms with Gasteiger partial charge in [0.05, 0.1) is 13.2 Å². The van der Waals surface area contributed by atoms with Crippen molar-refractivity contribution in [1.82, 2.24) is 20.0 Å². The van der Waals surface area contributed by atoms with E-state index < -0.39 is 6.04 Å². The van der Waals surface area contributed by atoms with Crippen LogP contribution < -0.4 is 10.2 Å². The number of anilines is 1. The number of imide groups is 1. The van der Waals surface area contributed by atoms with Gasteiger partial charge in [0.2, 0.25) is 0 Å². The normalized spacial score (nSPS) is 30.0. The summed E-state index contributed by atoms with van der Waals surface area (Å²) < 4.78 is 5.10. The van der Waals surface area contributed by atoms with Crippen LogP contribution in [0, 0.1) is 12.8 Å². The Labute approximate surface area is 176 Å². The highest BCUT2D eigenvalue weighted by Crippen LogP contribution is 2.36. The van der Waals surface area contributed by atoms with E-state index in [1.807, 2.05) is 18.2 Å². The maximum absolute atomic E-state index is 13.3. The number of likely N-dealkylation sites (N-methyl/N-ethyl adjacent to an activating group) is 1. The third-order valence-electron chi connectivity index (χ3n) is 6.08. The number of hydrogen-bond donors (Lipinski definition) is 1. The van der Waals surface area contributed by atoms with Gasteiger partial charge in [-0.3, -0.25) is 19.9 Å². The van der Waals surface area contributed by atoms with E-state index in [1.54, 1.807) is 19.1 Å². The average molecular weight is 422 g/mol. The van der Waals surface area contributed by atoms with Crippen LogP contribution in [0.1, 0.15) is 12.5 Å². The molecule has 0 aromatic heterocycles. The molecule has 3 aliphatic heterocycles. The van der Waals surface area contributed by atoms with Crippen LogP contribution in [-0.2, 0) is 9.53 Å². The van der Waals surface area contributed by atoms with Gasteiger partial charge in [0.25, 0.3) is 5.91 Å². The Bertz CT molecular complexity index is 821. The summed E-state index contributed by atoms with van der Waals surface area (Å²) in [5.74, 6) is 0.190. The van der Waals surface area contributed by atoms with Gasteiger partial charge in [-0.2, -0.15) is 0 Å². The molecular weight excluding hydrogens is 394 g/mol. The maximum Gasteiger partial charge on any atom is 0.327 e. The molecule has 3 aliphatic rings. The summed E-state index contributed by atoms with van der Waals surface area (Å²) in [6.07, 6.45) is -0.550. The largest absolute Gasteiger partial charge is 0.383 e. The van der Waals surface area contributed by atoms with Crippen LogP contribution in [0.2, 0.25) is 5.02 Å². The molecule has 29 heavy (non-hydrogen) atoms. The Morgan fingerprint density at radius 1 is 1.28 bits per heavy atom. The Kier molecular flexibility index (Phi) is 5.46. The minimum Gasteiger partial charge on any atom is -0.383 e. The number of aryl methyl sites for hydroxylation is 1. The summed E-state index contributed by atoms with van der Waals surface area (Å²) in [5, 5.41) is 4.21. The molecule has 0 spiro atoms. The first kappa shape index (κ1) is 20.4. The molecule has 0 radical (unpaired) electrons. The minimum atomic E-state index is -0.427. The molecule has 3 amide bonds. The molecule has 3 heterocycles. The summed E-state index contributed by atoms with van der Waals surface area (Å²) >= 11 is 6.28. The number of carbonyl (C=O) groups is 2. The number of halogens is 1. The summed E-state index contributed by atoms with van der Waals surface area (Å²) in [5.41, 5.74) is 2.17. The van der Waals surface area contributed by atoms with E-state index in [9.17, 15) is 9.59 Å². The Hall–Kier alpha value is -1.87. The van der Waals surface area contributed by atoms with Crippen molar-refractivity contribution in [3.63, 3.8) is 0 Å². The van der Waals surface area contributed by atoms with Crippen molar-refractivity contribution in [2.24, 2.45) is 5.92 Å². The Morgan fingerprint density at radius 2 is 2.03 bits per heavy atom. The number of amides is 3. The number of nitrogens with zero attached hydrogens (tertiary/aromatic N) is 4. The van der Waals surface area contributed by atoms with Gasteiger partial charge in [0, 0.05) is 38.0 Å². The summed E-state index contributed by atoms with van der Waals surface area (Å²) in [7, 11) is 3.31. The molecule has 1 aromatic carbocycles. The van der Waals surface area contributed by atoms with Crippen molar-refractivity contribution in [2.45, 2.75) is 32.3 Å². The van der Waals surface area contributed by atoms with Crippen LogP contribution in [0.4, 0.5) is 10.5 Å². The highest BCUT2D eigenvalue weighted by molar-refractivity contribution is 6.30. The van der Waals surface area contributed by atoms with E-state index in [0.29, 0.717) is 17.5 Å². The molecule has 0 aliphatic carbocycles. The highest BCUT2D eigenvalue weighted by atomic mass is 35.5. The zero-order valence-electron chi connectivity index (χ0n) is 17.3. The van der Waals surface area contributed by atoms with E-state index in [0.717, 1.165) is 24.3 Å². The van der Waals surface area contributed by atoms with E-state index in [2.05, 4.69) is 29.0 Å². The summed E-state index contributed by atoms with van der Waals surface area (Å²) in [6.45, 7) is 6.44. The third kappa shape index (κ3) is 3.38. The van der Waals surface area contributed by atoms with Gasteiger partial charge in [-0.05, 0) is 30.5 Å². The lowest BCUT2D eigenvalue weighted by molar-refractivity contribution is -0.139. The maximum atomic E-state index is 13.3. The fraction of sp³-hybridized carbons (Fsp3) is 0.600. The molecule has 0 saturated carbocycles. The van der Waals surface area contributed by atoms with E-state index >= 15 is 0 Å². The molecule has 3 fully saturated rings. The number of rotatable bonds is 4. The van der Waals surface area contributed by atoms with Gasteiger partial charge in [0.1, 0.15) is 18.5 Å². The van der Waals surface area contributed by atoms with Gasteiger partial charge in [-0.15, -0.1) is 0 Å². The average Bonchev–Trinajstić information content (AvgIpc) is 3.07. The second-order valence-corrected chi connectivity index (χ2v) is 8.63. The predicted molar refractivity (Wildman–Crippen MR) is 111 cm³/mol. The zero-order valence-corrected chi connectivity index (χ0v) is 18.0. The fourth-order valence-electron chi connectivity index (χ4n) is 4.68. The molecule has 9 heteroatoms. The topological polar surface area (TPSA) is 68.4 Å². The number of methoxy groups -OCH3 is 1. The number of nitrogens with one attached hydrogen (secondary N) is 1. The van der Waals surface area contributed by atoms with Gasteiger partial charge in [-0.1, -0.05) is 24.6 Å². The van der Waals surface area contributed by atoms with E-state index in [1.165, 1.54) is 4.90 Å². The fourth-order valence-corrected chi connectivity index (χ4v) is 4.85.